The average molecular weight is 387 g/mol. The summed E-state index contributed by atoms with van der Waals surface area (Å²) in [5, 5.41) is 2.91. The largest absolute Gasteiger partial charge is 0.354 e. The van der Waals surface area contributed by atoms with Gasteiger partial charge in [0.2, 0.25) is 0 Å². The van der Waals surface area contributed by atoms with Gasteiger partial charge in [-0.25, -0.2) is 9.97 Å². The number of carbonyl (C=O) groups excluding carboxylic acids is 1. The molecule has 29 heavy (non-hydrogen) atoms. The van der Waals surface area contributed by atoms with Gasteiger partial charge in [0.05, 0.1) is 0 Å². The Hall–Kier alpha value is -3.25. The van der Waals surface area contributed by atoms with Gasteiger partial charge in [-0.15, -0.1) is 0 Å². The second-order valence-corrected chi connectivity index (χ2v) is 7.33. The van der Waals surface area contributed by atoms with Crippen LogP contribution in [0, 0.1) is 6.92 Å². The average Bonchev–Trinajstić information content (AvgIpc) is 2.75. The summed E-state index contributed by atoms with van der Waals surface area (Å²) in [6.07, 6.45) is 1.47. The van der Waals surface area contributed by atoms with Gasteiger partial charge in [0, 0.05) is 44.5 Å². The number of rotatable bonds is 5. The van der Waals surface area contributed by atoms with Crippen molar-refractivity contribution < 1.29 is 4.79 Å². The Morgan fingerprint density at radius 2 is 1.76 bits per heavy atom. The summed E-state index contributed by atoms with van der Waals surface area (Å²) in [5.74, 6) is 0.579. The van der Waals surface area contributed by atoms with Crippen LogP contribution in [0.3, 0.4) is 0 Å². The van der Waals surface area contributed by atoms with Crippen LogP contribution in [0.25, 0.3) is 0 Å². The molecular formula is C23H25N5O. The maximum atomic E-state index is 12.6. The van der Waals surface area contributed by atoms with Gasteiger partial charge >= 0.3 is 0 Å². The molecule has 0 aliphatic carbocycles. The van der Waals surface area contributed by atoms with E-state index < -0.39 is 0 Å². The first kappa shape index (κ1) is 19.1. The first-order chi connectivity index (χ1) is 14.2. The molecule has 1 amide bonds. The van der Waals surface area contributed by atoms with Gasteiger partial charge in [-0.05, 0) is 30.2 Å². The summed E-state index contributed by atoms with van der Waals surface area (Å²) >= 11 is 0. The molecule has 3 aromatic rings. The van der Waals surface area contributed by atoms with Gasteiger partial charge in [0.25, 0.3) is 5.91 Å². The Bertz CT molecular complexity index is 968. The number of anilines is 2. The van der Waals surface area contributed by atoms with Crippen LogP contribution < -0.4 is 10.2 Å². The van der Waals surface area contributed by atoms with Crippen molar-refractivity contribution in [2.45, 2.75) is 13.5 Å². The monoisotopic (exact) mass is 387 g/mol. The Morgan fingerprint density at radius 3 is 2.52 bits per heavy atom. The number of aromatic nitrogens is 2. The van der Waals surface area contributed by atoms with E-state index in [1.165, 1.54) is 11.9 Å². The smallest absolute Gasteiger partial charge is 0.274 e. The van der Waals surface area contributed by atoms with E-state index in [2.05, 4.69) is 49.4 Å². The van der Waals surface area contributed by atoms with Crippen LogP contribution in [0.15, 0.2) is 67.0 Å². The third-order valence-electron chi connectivity index (χ3n) is 5.11. The predicted molar refractivity (Wildman–Crippen MR) is 115 cm³/mol. The van der Waals surface area contributed by atoms with E-state index in [-0.39, 0.29) is 5.91 Å². The molecule has 2 heterocycles. The molecule has 2 aromatic carbocycles. The SMILES string of the molecule is Cc1cccc(NC(=O)c2cc(N3CCN(Cc4ccccc4)CC3)ncn2)c1. The maximum Gasteiger partial charge on any atom is 0.274 e. The first-order valence-corrected chi connectivity index (χ1v) is 9.89. The number of hydrogen-bond donors (Lipinski definition) is 1. The molecular weight excluding hydrogens is 362 g/mol. The highest BCUT2D eigenvalue weighted by Gasteiger charge is 2.19. The second-order valence-electron chi connectivity index (χ2n) is 7.33. The highest BCUT2D eigenvalue weighted by atomic mass is 16.1. The summed E-state index contributed by atoms with van der Waals surface area (Å²) < 4.78 is 0. The number of benzene rings is 2. The van der Waals surface area contributed by atoms with Crippen molar-refractivity contribution >= 4 is 17.4 Å². The summed E-state index contributed by atoms with van der Waals surface area (Å²) in [5.41, 5.74) is 3.57. The van der Waals surface area contributed by atoms with E-state index in [1.807, 2.05) is 37.3 Å². The fourth-order valence-electron chi connectivity index (χ4n) is 3.54. The molecule has 0 bridgehead atoms. The fraction of sp³-hybridized carbons (Fsp3) is 0.261. The van der Waals surface area contributed by atoms with Crippen LogP contribution >= 0.6 is 0 Å². The first-order valence-electron chi connectivity index (χ1n) is 9.89. The van der Waals surface area contributed by atoms with Crippen LogP contribution in [0.5, 0.6) is 0 Å². The number of carbonyl (C=O) groups is 1. The van der Waals surface area contributed by atoms with Gasteiger partial charge in [-0.1, -0.05) is 42.5 Å². The number of piperazine rings is 1. The van der Waals surface area contributed by atoms with E-state index in [1.54, 1.807) is 6.07 Å². The minimum atomic E-state index is -0.220. The Balaban J connectivity index is 1.37. The van der Waals surface area contributed by atoms with Crippen molar-refractivity contribution in [3.05, 3.63) is 83.8 Å². The minimum absolute atomic E-state index is 0.220. The van der Waals surface area contributed by atoms with E-state index in [0.717, 1.165) is 49.8 Å². The lowest BCUT2D eigenvalue weighted by molar-refractivity contribution is 0.102. The minimum Gasteiger partial charge on any atom is -0.354 e. The fourth-order valence-corrected chi connectivity index (χ4v) is 3.54. The molecule has 6 heteroatoms. The second kappa shape index (κ2) is 8.84. The normalized spacial score (nSPS) is 14.6. The summed E-state index contributed by atoms with van der Waals surface area (Å²) in [4.78, 5) is 25.8. The van der Waals surface area contributed by atoms with Crippen LogP contribution in [0.4, 0.5) is 11.5 Å². The van der Waals surface area contributed by atoms with E-state index in [4.69, 9.17) is 0 Å². The van der Waals surface area contributed by atoms with Crippen molar-refractivity contribution in [3.63, 3.8) is 0 Å². The summed E-state index contributed by atoms with van der Waals surface area (Å²) in [6.45, 7) is 6.64. The van der Waals surface area contributed by atoms with Gasteiger partial charge in [-0.3, -0.25) is 9.69 Å². The molecule has 0 saturated carbocycles. The third-order valence-corrected chi connectivity index (χ3v) is 5.11. The van der Waals surface area contributed by atoms with Crippen molar-refractivity contribution in [2.75, 3.05) is 36.4 Å². The van der Waals surface area contributed by atoms with Crippen LogP contribution in [-0.2, 0) is 6.54 Å². The third kappa shape index (κ3) is 4.97. The summed E-state index contributed by atoms with van der Waals surface area (Å²) in [7, 11) is 0. The molecule has 148 valence electrons. The number of nitrogens with zero attached hydrogens (tertiary/aromatic N) is 4. The summed E-state index contributed by atoms with van der Waals surface area (Å²) in [6, 6.07) is 20.0. The molecule has 1 aromatic heterocycles. The molecule has 1 saturated heterocycles. The van der Waals surface area contributed by atoms with Gasteiger partial charge in [0.1, 0.15) is 17.8 Å². The topological polar surface area (TPSA) is 61.4 Å². The Morgan fingerprint density at radius 1 is 0.966 bits per heavy atom. The molecule has 4 rings (SSSR count). The van der Waals surface area contributed by atoms with Crippen molar-refractivity contribution in [3.8, 4) is 0 Å². The lowest BCUT2D eigenvalue weighted by Crippen LogP contribution is -2.46. The zero-order valence-electron chi connectivity index (χ0n) is 16.6. The van der Waals surface area contributed by atoms with E-state index >= 15 is 0 Å². The highest BCUT2D eigenvalue weighted by molar-refractivity contribution is 6.03. The molecule has 0 radical (unpaired) electrons. The number of hydrogen-bond acceptors (Lipinski definition) is 5. The lowest BCUT2D eigenvalue weighted by Gasteiger charge is -2.35. The Labute approximate surface area is 171 Å². The number of amides is 1. The van der Waals surface area contributed by atoms with Crippen molar-refractivity contribution in [2.24, 2.45) is 0 Å². The van der Waals surface area contributed by atoms with Gasteiger partial charge in [-0.2, -0.15) is 0 Å². The van der Waals surface area contributed by atoms with Crippen molar-refractivity contribution in [1.82, 2.24) is 14.9 Å². The van der Waals surface area contributed by atoms with E-state index in [0.29, 0.717) is 5.69 Å². The molecule has 0 spiro atoms. The molecule has 1 N–H and O–H groups in total. The molecule has 6 nitrogen and oxygen atoms in total. The van der Waals surface area contributed by atoms with Crippen LogP contribution in [-0.4, -0.2) is 47.0 Å². The zero-order valence-corrected chi connectivity index (χ0v) is 16.6. The van der Waals surface area contributed by atoms with E-state index in [9.17, 15) is 4.79 Å². The zero-order chi connectivity index (χ0) is 20.1. The highest BCUT2D eigenvalue weighted by Crippen LogP contribution is 2.17. The molecule has 0 atom stereocenters. The molecule has 1 fully saturated rings. The Kier molecular flexibility index (Phi) is 5.81. The molecule has 1 aliphatic rings. The van der Waals surface area contributed by atoms with Crippen LogP contribution in [0.2, 0.25) is 0 Å². The van der Waals surface area contributed by atoms with Gasteiger partial charge < -0.3 is 10.2 Å². The standard InChI is InChI=1S/C23H25N5O/c1-18-6-5-9-20(14-18)26-23(29)21-15-22(25-17-24-21)28-12-10-27(11-13-28)16-19-7-3-2-4-8-19/h2-9,14-15,17H,10-13,16H2,1H3,(H,26,29). The number of aryl methyl sites for hydroxylation is 1. The van der Waals surface area contributed by atoms with Gasteiger partial charge in [0.15, 0.2) is 0 Å². The number of nitrogens with one attached hydrogen (secondary N) is 1. The molecule has 1 aliphatic heterocycles. The lowest BCUT2D eigenvalue weighted by atomic mass is 10.2. The maximum absolute atomic E-state index is 12.6. The van der Waals surface area contributed by atoms with Crippen LogP contribution in [0.1, 0.15) is 21.6 Å². The van der Waals surface area contributed by atoms with Crippen molar-refractivity contribution in [1.29, 1.82) is 0 Å². The predicted octanol–water partition coefficient (Wildman–Crippen LogP) is 3.36. The molecule has 0 unspecified atom stereocenters. The quantitative estimate of drug-likeness (QED) is 0.727.